The van der Waals surface area contributed by atoms with E-state index in [-0.39, 0.29) is 24.0 Å². The molecule has 0 aromatic heterocycles. The average molecular weight is 515 g/mol. The maximum Gasteiger partial charge on any atom is 0.239 e. The van der Waals surface area contributed by atoms with Crippen LogP contribution in [0.25, 0.3) is 0 Å². The molecule has 4 rings (SSSR count). The number of hydrogen-bond donors (Lipinski definition) is 3. The Morgan fingerprint density at radius 3 is 2.62 bits per heavy atom. The predicted molar refractivity (Wildman–Crippen MR) is 145 cm³/mol. The van der Waals surface area contributed by atoms with Gasteiger partial charge in [-0.25, -0.2) is 0 Å². The van der Waals surface area contributed by atoms with E-state index in [0.717, 1.165) is 58.4 Å². The highest BCUT2D eigenvalue weighted by Gasteiger charge is 2.35. The van der Waals surface area contributed by atoms with Crippen LogP contribution in [0.4, 0.5) is 0 Å². The molecule has 9 heteroatoms. The van der Waals surface area contributed by atoms with Gasteiger partial charge in [0.05, 0.1) is 25.0 Å². The molecule has 2 unspecified atom stereocenters. The Bertz CT molecular complexity index is 906. The van der Waals surface area contributed by atoms with Crippen LogP contribution in [-0.2, 0) is 22.6 Å². The molecule has 3 aliphatic heterocycles. The predicted octanol–water partition coefficient (Wildman–Crippen LogP) is 0.822. The molecule has 3 aliphatic rings. The van der Waals surface area contributed by atoms with Gasteiger partial charge in [0.15, 0.2) is 0 Å². The number of carbonyl (C=O) groups is 2. The molecule has 3 heterocycles. The zero-order valence-corrected chi connectivity index (χ0v) is 22.9. The van der Waals surface area contributed by atoms with Crippen molar-refractivity contribution in [3.05, 3.63) is 35.4 Å². The van der Waals surface area contributed by atoms with Crippen molar-refractivity contribution in [1.29, 1.82) is 0 Å². The summed E-state index contributed by atoms with van der Waals surface area (Å²) in [7, 11) is 1.80. The SMILES string of the molecule is CCCN1CNC(C(=O)N(C)C[C@H](O)CN2CCc3ccccc3C2)CC1NC1CCN(C(C)=O)CC1. The Labute approximate surface area is 222 Å². The number of likely N-dealkylation sites (tertiary alicyclic amines) is 1. The van der Waals surface area contributed by atoms with Gasteiger partial charge in [0.25, 0.3) is 0 Å². The molecule has 3 atom stereocenters. The Morgan fingerprint density at radius 1 is 1.19 bits per heavy atom. The molecule has 37 heavy (non-hydrogen) atoms. The topological polar surface area (TPSA) is 91.4 Å². The van der Waals surface area contributed by atoms with Crippen LogP contribution in [0, 0.1) is 0 Å². The summed E-state index contributed by atoms with van der Waals surface area (Å²) in [5.41, 5.74) is 2.73. The summed E-state index contributed by atoms with van der Waals surface area (Å²) in [6, 6.07) is 8.58. The fourth-order valence-electron chi connectivity index (χ4n) is 6.05. The van der Waals surface area contributed by atoms with E-state index in [2.05, 4.69) is 51.6 Å². The van der Waals surface area contributed by atoms with Crippen molar-refractivity contribution in [3.8, 4) is 0 Å². The third kappa shape index (κ3) is 7.51. The summed E-state index contributed by atoms with van der Waals surface area (Å²) in [4.78, 5) is 33.3. The molecule has 0 spiro atoms. The van der Waals surface area contributed by atoms with E-state index in [9.17, 15) is 14.7 Å². The van der Waals surface area contributed by atoms with Gasteiger partial charge in [-0.1, -0.05) is 31.2 Å². The first-order chi connectivity index (χ1) is 17.8. The van der Waals surface area contributed by atoms with E-state index in [4.69, 9.17) is 0 Å². The molecule has 0 radical (unpaired) electrons. The van der Waals surface area contributed by atoms with Gasteiger partial charge in [0.1, 0.15) is 0 Å². The van der Waals surface area contributed by atoms with Crippen molar-refractivity contribution in [3.63, 3.8) is 0 Å². The van der Waals surface area contributed by atoms with Crippen molar-refractivity contribution in [2.75, 3.05) is 53.0 Å². The van der Waals surface area contributed by atoms with Crippen LogP contribution in [-0.4, -0.2) is 114 Å². The van der Waals surface area contributed by atoms with E-state index in [1.54, 1.807) is 18.9 Å². The Morgan fingerprint density at radius 2 is 1.92 bits per heavy atom. The number of β-amino-alcohol motifs (C(OH)–C–C–N with tert-alkyl or cyclic N) is 1. The van der Waals surface area contributed by atoms with Crippen LogP contribution in [0.2, 0.25) is 0 Å². The molecule has 3 N–H and O–H groups in total. The summed E-state index contributed by atoms with van der Waals surface area (Å²) >= 11 is 0. The fraction of sp³-hybridized carbons (Fsp3) is 0.714. The molecule has 2 amide bonds. The zero-order chi connectivity index (χ0) is 26.4. The molecule has 0 saturated carbocycles. The largest absolute Gasteiger partial charge is 0.390 e. The maximum absolute atomic E-state index is 13.4. The number of carbonyl (C=O) groups excluding carboxylic acids is 2. The van der Waals surface area contributed by atoms with Gasteiger partial charge in [-0.05, 0) is 36.8 Å². The minimum atomic E-state index is -0.584. The van der Waals surface area contributed by atoms with E-state index in [1.165, 1.54) is 11.1 Å². The number of aliphatic hydroxyl groups is 1. The summed E-state index contributed by atoms with van der Waals surface area (Å²) in [5.74, 6) is 0.186. The number of fused-ring (bicyclic) bond motifs is 1. The number of piperidine rings is 1. The highest BCUT2D eigenvalue weighted by Crippen LogP contribution is 2.20. The number of amides is 2. The van der Waals surface area contributed by atoms with Crippen molar-refractivity contribution < 1.29 is 14.7 Å². The molecule has 2 fully saturated rings. The van der Waals surface area contributed by atoms with Crippen LogP contribution in [0.3, 0.4) is 0 Å². The number of nitrogens with zero attached hydrogens (tertiary/aromatic N) is 4. The maximum atomic E-state index is 13.4. The normalized spacial score (nSPS) is 24.5. The van der Waals surface area contributed by atoms with Crippen LogP contribution < -0.4 is 10.6 Å². The lowest BCUT2D eigenvalue weighted by molar-refractivity contribution is -0.136. The number of aliphatic hydroxyl groups excluding tert-OH is 1. The molecule has 0 bridgehead atoms. The van der Waals surface area contributed by atoms with Gasteiger partial charge < -0.3 is 14.9 Å². The van der Waals surface area contributed by atoms with Crippen LogP contribution >= 0.6 is 0 Å². The number of rotatable bonds is 9. The second-order valence-electron chi connectivity index (χ2n) is 11.1. The minimum absolute atomic E-state index is 0.0392. The first-order valence-corrected chi connectivity index (χ1v) is 14.0. The van der Waals surface area contributed by atoms with E-state index < -0.39 is 6.10 Å². The van der Waals surface area contributed by atoms with Crippen molar-refractivity contribution >= 4 is 11.8 Å². The van der Waals surface area contributed by atoms with E-state index in [1.807, 2.05) is 4.90 Å². The Kier molecular flexibility index (Phi) is 9.95. The summed E-state index contributed by atoms with van der Waals surface area (Å²) < 4.78 is 0. The molecule has 9 nitrogen and oxygen atoms in total. The second kappa shape index (κ2) is 13.2. The molecule has 1 aromatic carbocycles. The quantitative estimate of drug-likeness (QED) is 0.450. The van der Waals surface area contributed by atoms with Gasteiger partial charge in [-0.3, -0.25) is 30.0 Å². The average Bonchev–Trinajstić information content (AvgIpc) is 2.89. The lowest BCUT2D eigenvalue weighted by atomic mass is 9.99. The Hall–Kier alpha value is -2.04. The molecular formula is C28H46N6O3. The lowest BCUT2D eigenvalue weighted by Gasteiger charge is -2.43. The van der Waals surface area contributed by atoms with Crippen molar-refractivity contribution in [1.82, 2.24) is 30.2 Å². The summed E-state index contributed by atoms with van der Waals surface area (Å²) in [6.07, 6.45) is 4.16. The van der Waals surface area contributed by atoms with E-state index >= 15 is 0 Å². The van der Waals surface area contributed by atoms with Crippen LogP contribution in [0.15, 0.2) is 24.3 Å². The number of hydrogen-bond acceptors (Lipinski definition) is 7. The fourth-order valence-corrected chi connectivity index (χ4v) is 6.05. The van der Waals surface area contributed by atoms with Crippen LogP contribution in [0.1, 0.15) is 50.7 Å². The smallest absolute Gasteiger partial charge is 0.239 e. The second-order valence-corrected chi connectivity index (χ2v) is 11.1. The number of nitrogens with one attached hydrogen (secondary N) is 2. The van der Waals surface area contributed by atoms with Crippen LogP contribution in [0.5, 0.6) is 0 Å². The van der Waals surface area contributed by atoms with Gasteiger partial charge >= 0.3 is 0 Å². The highest BCUT2D eigenvalue weighted by atomic mass is 16.3. The van der Waals surface area contributed by atoms with Gasteiger partial charge in [0, 0.05) is 72.2 Å². The Balaban J connectivity index is 1.27. The number of benzene rings is 1. The molecule has 0 aliphatic carbocycles. The van der Waals surface area contributed by atoms with Gasteiger partial charge in [0.2, 0.25) is 11.8 Å². The summed E-state index contributed by atoms with van der Waals surface area (Å²) in [5, 5.41) is 18.0. The third-order valence-corrected chi connectivity index (χ3v) is 8.16. The third-order valence-electron chi connectivity index (χ3n) is 8.16. The molecular weight excluding hydrogens is 468 g/mol. The molecule has 1 aromatic rings. The first kappa shape index (κ1) is 28.0. The standard InChI is InChI=1S/C28H46N6O3/c1-4-12-34-20-29-26(16-27(34)30-24-10-14-33(15-11-24)21(2)35)28(37)31(3)18-25(36)19-32-13-9-22-7-5-6-8-23(22)17-32/h5-8,24-27,29-30,36H,4,9-20H2,1-3H3/t25-,26?,27?/m0/s1. The van der Waals surface area contributed by atoms with E-state index in [0.29, 0.717) is 32.2 Å². The van der Waals surface area contributed by atoms with Gasteiger partial charge in [-0.2, -0.15) is 0 Å². The highest BCUT2D eigenvalue weighted by molar-refractivity contribution is 5.81. The lowest BCUT2D eigenvalue weighted by Crippen LogP contribution is -2.64. The minimum Gasteiger partial charge on any atom is -0.390 e. The first-order valence-electron chi connectivity index (χ1n) is 14.0. The monoisotopic (exact) mass is 514 g/mol. The van der Waals surface area contributed by atoms with Crippen molar-refractivity contribution in [2.45, 2.75) is 76.8 Å². The summed E-state index contributed by atoms with van der Waals surface area (Å²) in [6.45, 7) is 9.70. The van der Waals surface area contributed by atoms with Crippen molar-refractivity contribution in [2.24, 2.45) is 0 Å². The molecule has 2 saturated heterocycles. The zero-order valence-electron chi connectivity index (χ0n) is 22.9. The number of likely N-dealkylation sites (N-methyl/N-ethyl adjacent to an activating group) is 1. The van der Waals surface area contributed by atoms with Gasteiger partial charge in [-0.15, -0.1) is 0 Å². The molecule has 206 valence electrons.